The van der Waals surface area contributed by atoms with Crippen LogP contribution in [0.25, 0.3) is 0 Å². The summed E-state index contributed by atoms with van der Waals surface area (Å²) in [6, 6.07) is 3.19. The zero-order valence-electron chi connectivity index (χ0n) is 17.2. The van der Waals surface area contributed by atoms with Crippen molar-refractivity contribution in [1.82, 2.24) is 4.98 Å². The van der Waals surface area contributed by atoms with Gasteiger partial charge in [-0.1, -0.05) is 12.8 Å². The fraction of sp³-hybridized carbons (Fsp3) is 0.455. The molecule has 0 aromatic carbocycles. The number of anilines is 1. The SMILES string of the molecule is CCOC(=O)c1c(NC(=O)C(C)OC(=O)c2cccnc2)sc2c1CCCCCC2. The number of hydrogen-bond acceptors (Lipinski definition) is 7. The van der Waals surface area contributed by atoms with Gasteiger partial charge in [-0.3, -0.25) is 9.78 Å². The molecule has 30 heavy (non-hydrogen) atoms. The molecular formula is C22H26N2O5S. The molecule has 1 aliphatic carbocycles. The van der Waals surface area contributed by atoms with Crippen molar-refractivity contribution in [2.45, 2.75) is 58.5 Å². The standard InChI is InChI=1S/C22H26N2O5S/c1-3-28-22(27)18-16-10-6-4-5-7-11-17(16)30-20(18)24-19(25)14(2)29-21(26)15-9-8-12-23-13-15/h8-9,12-14H,3-7,10-11H2,1-2H3,(H,24,25). The number of pyridine rings is 1. The number of nitrogens with zero attached hydrogens (tertiary/aromatic N) is 1. The van der Waals surface area contributed by atoms with E-state index >= 15 is 0 Å². The van der Waals surface area contributed by atoms with Gasteiger partial charge < -0.3 is 14.8 Å². The minimum absolute atomic E-state index is 0.260. The number of carbonyl (C=O) groups is 3. The fourth-order valence-corrected chi connectivity index (χ4v) is 4.69. The molecule has 0 radical (unpaired) electrons. The van der Waals surface area contributed by atoms with Crippen molar-refractivity contribution in [2.24, 2.45) is 0 Å². The third kappa shape index (κ3) is 5.24. The topological polar surface area (TPSA) is 94.6 Å². The van der Waals surface area contributed by atoms with E-state index in [1.54, 1.807) is 25.3 Å². The summed E-state index contributed by atoms with van der Waals surface area (Å²) in [5, 5.41) is 3.26. The fourth-order valence-electron chi connectivity index (χ4n) is 3.41. The zero-order chi connectivity index (χ0) is 21.5. The quantitative estimate of drug-likeness (QED) is 0.692. The van der Waals surface area contributed by atoms with Gasteiger partial charge in [-0.25, -0.2) is 9.59 Å². The number of ether oxygens (including phenoxy) is 2. The molecule has 0 saturated carbocycles. The molecule has 1 aliphatic rings. The van der Waals surface area contributed by atoms with Crippen LogP contribution in [-0.4, -0.2) is 35.5 Å². The van der Waals surface area contributed by atoms with Crippen LogP contribution in [0.2, 0.25) is 0 Å². The Balaban J connectivity index is 1.78. The average Bonchev–Trinajstić information content (AvgIpc) is 3.04. The molecule has 0 aliphatic heterocycles. The van der Waals surface area contributed by atoms with Gasteiger partial charge in [0.25, 0.3) is 5.91 Å². The van der Waals surface area contributed by atoms with Crippen LogP contribution in [0.15, 0.2) is 24.5 Å². The highest BCUT2D eigenvalue weighted by atomic mass is 32.1. The maximum absolute atomic E-state index is 12.7. The molecule has 2 heterocycles. The highest BCUT2D eigenvalue weighted by molar-refractivity contribution is 7.17. The van der Waals surface area contributed by atoms with E-state index in [-0.39, 0.29) is 12.2 Å². The van der Waals surface area contributed by atoms with Gasteiger partial charge >= 0.3 is 11.9 Å². The second-order valence-electron chi connectivity index (χ2n) is 7.12. The first-order chi connectivity index (χ1) is 14.5. The normalized spacial score (nSPS) is 14.6. The number of amides is 1. The first-order valence-corrected chi connectivity index (χ1v) is 11.1. The van der Waals surface area contributed by atoms with Crippen LogP contribution in [0.4, 0.5) is 5.00 Å². The monoisotopic (exact) mass is 430 g/mol. The number of thiophene rings is 1. The molecule has 2 aromatic heterocycles. The predicted octanol–water partition coefficient (Wildman–Crippen LogP) is 4.16. The average molecular weight is 431 g/mol. The lowest BCUT2D eigenvalue weighted by Crippen LogP contribution is -2.30. The molecule has 1 amide bonds. The van der Waals surface area contributed by atoms with Crippen molar-refractivity contribution in [1.29, 1.82) is 0 Å². The van der Waals surface area contributed by atoms with E-state index in [4.69, 9.17) is 9.47 Å². The molecule has 0 bridgehead atoms. The lowest BCUT2D eigenvalue weighted by Gasteiger charge is -2.14. The molecule has 7 nitrogen and oxygen atoms in total. The third-order valence-corrected chi connectivity index (χ3v) is 6.15. The Morgan fingerprint density at radius 3 is 2.63 bits per heavy atom. The summed E-state index contributed by atoms with van der Waals surface area (Å²) in [7, 11) is 0. The van der Waals surface area contributed by atoms with Gasteiger partial charge in [0, 0.05) is 17.3 Å². The van der Waals surface area contributed by atoms with Crippen LogP contribution in [0, 0.1) is 0 Å². The summed E-state index contributed by atoms with van der Waals surface area (Å²) in [5.41, 5.74) is 1.69. The van der Waals surface area contributed by atoms with E-state index in [1.807, 2.05) is 0 Å². The van der Waals surface area contributed by atoms with Crippen molar-refractivity contribution in [3.8, 4) is 0 Å². The number of hydrogen-bond donors (Lipinski definition) is 1. The highest BCUT2D eigenvalue weighted by Gasteiger charge is 2.28. The van der Waals surface area contributed by atoms with Crippen LogP contribution < -0.4 is 5.32 Å². The Labute approximate surface area is 179 Å². The second-order valence-corrected chi connectivity index (χ2v) is 8.23. The van der Waals surface area contributed by atoms with Crippen LogP contribution in [0.1, 0.15) is 70.7 Å². The molecule has 1 atom stereocenters. The van der Waals surface area contributed by atoms with E-state index in [0.29, 0.717) is 10.6 Å². The lowest BCUT2D eigenvalue weighted by molar-refractivity contribution is -0.123. The largest absolute Gasteiger partial charge is 0.462 e. The predicted molar refractivity (Wildman–Crippen MR) is 114 cm³/mol. The summed E-state index contributed by atoms with van der Waals surface area (Å²) >= 11 is 1.42. The summed E-state index contributed by atoms with van der Waals surface area (Å²) in [4.78, 5) is 42.6. The van der Waals surface area contributed by atoms with Gasteiger partial charge in [0.2, 0.25) is 0 Å². The molecule has 1 N–H and O–H groups in total. The smallest absolute Gasteiger partial charge is 0.341 e. The lowest BCUT2D eigenvalue weighted by atomic mass is 9.96. The van der Waals surface area contributed by atoms with Crippen molar-refractivity contribution in [3.05, 3.63) is 46.1 Å². The van der Waals surface area contributed by atoms with Gasteiger partial charge in [-0.15, -0.1) is 11.3 Å². The molecule has 160 valence electrons. The summed E-state index contributed by atoms with van der Waals surface area (Å²) in [5.74, 6) is -1.55. The molecule has 0 spiro atoms. The molecular weight excluding hydrogens is 404 g/mol. The number of esters is 2. The Bertz CT molecular complexity index is 910. The Hall–Kier alpha value is -2.74. The molecule has 3 rings (SSSR count). The second kappa shape index (κ2) is 10.3. The first kappa shape index (κ1) is 22.0. The van der Waals surface area contributed by atoms with E-state index in [0.717, 1.165) is 49.0 Å². The maximum Gasteiger partial charge on any atom is 0.341 e. The van der Waals surface area contributed by atoms with Crippen LogP contribution in [0.5, 0.6) is 0 Å². The maximum atomic E-state index is 12.7. The van der Waals surface area contributed by atoms with E-state index < -0.39 is 23.9 Å². The van der Waals surface area contributed by atoms with Gasteiger partial charge in [0.1, 0.15) is 5.00 Å². The van der Waals surface area contributed by atoms with Crippen LogP contribution >= 0.6 is 11.3 Å². The minimum atomic E-state index is -1.03. The van der Waals surface area contributed by atoms with Gasteiger partial charge in [-0.2, -0.15) is 0 Å². The Kier molecular flexibility index (Phi) is 7.57. The number of aromatic nitrogens is 1. The van der Waals surface area contributed by atoms with Crippen molar-refractivity contribution in [3.63, 3.8) is 0 Å². The van der Waals surface area contributed by atoms with E-state index in [1.165, 1.54) is 24.5 Å². The number of carbonyl (C=O) groups excluding carboxylic acids is 3. The van der Waals surface area contributed by atoms with Gasteiger partial charge in [-0.05, 0) is 57.2 Å². The molecule has 0 saturated heterocycles. The summed E-state index contributed by atoms with van der Waals surface area (Å²) in [6.45, 7) is 3.51. The minimum Gasteiger partial charge on any atom is -0.462 e. The number of aryl methyl sites for hydroxylation is 1. The van der Waals surface area contributed by atoms with E-state index in [9.17, 15) is 14.4 Å². The Morgan fingerprint density at radius 2 is 1.93 bits per heavy atom. The highest BCUT2D eigenvalue weighted by Crippen LogP contribution is 2.37. The van der Waals surface area contributed by atoms with Gasteiger partial charge in [0.15, 0.2) is 6.10 Å². The van der Waals surface area contributed by atoms with Crippen molar-refractivity contribution >= 4 is 34.2 Å². The third-order valence-electron chi connectivity index (χ3n) is 4.94. The zero-order valence-corrected chi connectivity index (χ0v) is 18.0. The number of nitrogens with one attached hydrogen (secondary N) is 1. The van der Waals surface area contributed by atoms with Gasteiger partial charge in [0.05, 0.1) is 17.7 Å². The summed E-state index contributed by atoms with van der Waals surface area (Å²) < 4.78 is 10.5. The van der Waals surface area contributed by atoms with E-state index in [2.05, 4.69) is 10.3 Å². The van der Waals surface area contributed by atoms with Crippen molar-refractivity contribution < 1.29 is 23.9 Å². The number of rotatable bonds is 6. The van der Waals surface area contributed by atoms with Crippen LogP contribution in [0.3, 0.4) is 0 Å². The molecule has 0 fully saturated rings. The summed E-state index contributed by atoms with van der Waals surface area (Å²) in [6.07, 6.45) is 7.92. The Morgan fingerprint density at radius 1 is 1.17 bits per heavy atom. The van der Waals surface area contributed by atoms with Crippen LogP contribution in [-0.2, 0) is 27.1 Å². The first-order valence-electron chi connectivity index (χ1n) is 10.2. The molecule has 1 unspecified atom stereocenters. The number of fused-ring (bicyclic) bond motifs is 1. The molecule has 8 heteroatoms. The molecule has 2 aromatic rings. The van der Waals surface area contributed by atoms with Crippen molar-refractivity contribution in [2.75, 3.05) is 11.9 Å².